The van der Waals surface area contributed by atoms with Crippen molar-refractivity contribution >= 4 is 35.0 Å². The number of aromatic nitrogens is 1. The average molecular weight is 618 g/mol. The van der Waals surface area contributed by atoms with Crippen LogP contribution in [0.3, 0.4) is 0 Å². The second-order valence-electron chi connectivity index (χ2n) is 11.1. The van der Waals surface area contributed by atoms with E-state index in [-0.39, 0.29) is 48.4 Å². The van der Waals surface area contributed by atoms with Crippen LogP contribution in [0.25, 0.3) is 0 Å². The summed E-state index contributed by atoms with van der Waals surface area (Å²) in [4.78, 5) is 57.0. The van der Waals surface area contributed by atoms with Gasteiger partial charge in [0, 0.05) is 32.0 Å². The van der Waals surface area contributed by atoms with E-state index in [2.05, 4.69) is 20.9 Å². The van der Waals surface area contributed by atoms with Gasteiger partial charge in [-0.3, -0.25) is 14.4 Å². The number of methoxy groups -OCH3 is 1. The standard InChI is InChI=1S/C31H47N5O6S/c1-8-20(4)27(35-26(37)17-32-5)30(39)36(6)24(19(2)3)16-25(42-7)29-34-23(18-43-29)28(38)33-22(31(40)41)15-14-21-12-10-9-11-13-21/h9-13,18-20,22,24-25,27,32H,8,14-17H2,1-7H3,(H,33,38)(H,35,37)(H,40,41)/t20?,22-,24+,25?,27-/m0/s1. The third-order valence-corrected chi connectivity index (χ3v) is 8.62. The number of carboxylic acid groups (broad SMARTS) is 1. The van der Waals surface area contributed by atoms with E-state index in [1.165, 1.54) is 11.3 Å². The van der Waals surface area contributed by atoms with Crippen molar-refractivity contribution in [3.05, 3.63) is 52.0 Å². The maximum atomic E-state index is 13.7. The molecule has 2 rings (SSSR count). The number of hydrogen-bond acceptors (Lipinski definition) is 8. The van der Waals surface area contributed by atoms with Gasteiger partial charge in [0.1, 0.15) is 28.9 Å². The van der Waals surface area contributed by atoms with Crippen LogP contribution in [0.4, 0.5) is 0 Å². The summed E-state index contributed by atoms with van der Waals surface area (Å²) in [5.41, 5.74) is 1.10. The van der Waals surface area contributed by atoms with Gasteiger partial charge in [-0.1, -0.05) is 64.4 Å². The molecule has 1 heterocycles. The zero-order chi connectivity index (χ0) is 32.1. The highest BCUT2D eigenvalue weighted by Gasteiger charge is 2.34. The van der Waals surface area contributed by atoms with E-state index < -0.39 is 30.1 Å². The molecule has 0 fully saturated rings. The molecular weight excluding hydrogens is 570 g/mol. The molecule has 0 aliphatic carbocycles. The highest BCUT2D eigenvalue weighted by atomic mass is 32.1. The summed E-state index contributed by atoms with van der Waals surface area (Å²) < 4.78 is 5.78. The molecule has 238 valence electrons. The third-order valence-electron chi connectivity index (χ3n) is 7.69. The van der Waals surface area contributed by atoms with Gasteiger partial charge in [-0.2, -0.15) is 0 Å². The molecule has 1 aromatic carbocycles. The van der Waals surface area contributed by atoms with E-state index in [9.17, 15) is 24.3 Å². The minimum atomic E-state index is -1.11. The Morgan fingerprint density at radius 2 is 1.77 bits per heavy atom. The summed E-state index contributed by atoms with van der Waals surface area (Å²) in [5, 5.41) is 20.1. The van der Waals surface area contributed by atoms with Gasteiger partial charge in [0.2, 0.25) is 11.8 Å². The maximum Gasteiger partial charge on any atom is 0.326 e. The lowest BCUT2D eigenvalue weighted by atomic mass is 9.93. The van der Waals surface area contributed by atoms with E-state index in [0.717, 1.165) is 12.0 Å². The van der Waals surface area contributed by atoms with E-state index >= 15 is 0 Å². The number of nitrogens with one attached hydrogen (secondary N) is 3. The molecule has 3 amide bonds. The maximum absolute atomic E-state index is 13.7. The van der Waals surface area contributed by atoms with Crippen molar-refractivity contribution in [3.8, 4) is 0 Å². The Morgan fingerprint density at radius 1 is 1.09 bits per heavy atom. The summed E-state index contributed by atoms with van der Waals surface area (Å²) >= 11 is 1.25. The van der Waals surface area contributed by atoms with E-state index in [0.29, 0.717) is 17.8 Å². The fourth-order valence-electron chi connectivity index (χ4n) is 4.83. The first-order valence-corrected chi connectivity index (χ1v) is 15.6. The molecule has 4 N–H and O–H groups in total. The number of aliphatic carboxylic acids is 1. The van der Waals surface area contributed by atoms with Gasteiger partial charge in [-0.25, -0.2) is 9.78 Å². The van der Waals surface area contributed by atoms with Crippen LogP contribution in [0.1, 0.15) is 74.1 Å². The van der Waals surface area contributed by atoms with Crippen LogP contribution in [0, 0.1) is 11.8 Å². The summed E-state index contributed by atoms with van der Waals surface area (Å²) in [7, 11) is 4.96. The van der Waals surface area contributed by atoms with E-state index in [1.807, 2.05) is 58.0 Å². The number of nitrogens with zero attached hydrogens (tertiary/aromatic N) is 2. The van der Waals surface area contributed by atoms with Crippen LogP contribution < -0.4 is 16.0 Å². The second-order valence-corrected chi connectivity index (χ2v) is 12.0. The van der Waals surface area contributed by atoms with Crippen molar-refractivity contribution in [2.75, 3.05) is 27.7 Å². The van der Waals surface area contributed by atoms with E-state index in [1.54, 1.807) is 31.5 Å². The number of amides is 3. The molecule has 12 heteroatoms. The summed E-state index contributed by atoms with van der Waals surface area (Å²) in [6.45, 7) is 8.07. The Bertz CT molecular complexity index is 1190. The molecule has 2 aromatic rings. The summed E-state index contributed by atoms with van der Waals surface area (Å²) in [5.74, 6) is -2.12. The zero-order valence-electron chi connectivity index (χ0n) is 26.3. The lowest BCUT2D eigenvalue weighted by Crippen LogP contribution is -2.55. The van der Waals surface area contributed by atoms with Gasteiger partial charge in [0.05, 0.1) is 6.54 Å². The molecule has 0 aliphatic heterocycles. The molecule has 0 bridgehead atoms. The van der Waals surface area contributed by atoms with Gasteiger partial charge in [-0.15, -0.1) is 11.3 Å². The average Bonchev–Trinajstić information content (AvgIpc) is 3.48. The number of hydrogen-bond donors (Lipinski definition) is 4. The third kappa shape index (κ3) is 10.7. The molecule has 1 aromatic heterocycles. The Balaban J connectivity index is 2.15. The molecule has 0 saturated carbocycles. The number of carbonyl (C=O) groups is 4. The van der Waals surface area contributed by atoms with Crippen molar-refractivity contribution in [2.45, 2.75) is 77.6 Å². The number of rotatable bonds is 18. The van der Waals surface area contributed by atoms with Crippen LogP contribution in [-0.2, 0) is 25.5 Å². The monoisotopic (exact) mass is 617 g/mol. The van der Waals surface area contributed by atoms with Gasteiger partial charge in [-0.05, 0) is 37.3 Å². The lowest BCUT2D eigenvalue weighted by molar-refractivity contribution is -0.140. The predicted molar refractivity (Wildman–Crippen MR) is 167 cm³/mol. The predicted octanol–water partition coefficient (Wildman–Crippen LogP) is 3.27. The highest BCUT2D eigenvalue weighted by Crippen LogP contribution is 2.30. The second kappa shape index (κ2) is 17.7. The number of carboxylic acids is 1. The first kappa shape index (κ1) is 35.8. The van der Waals surface area contributed by atoms with Gasteiger partial charge < -0.3 is 30.7 Å². The Morgan fingerprint density at radius 3 is 2.33 bits per heavy atom. The van der Waals surface area contributed by atoms with Crippen molar-refractivity contribution in [2.24, 2.45) is 11.8 Å². The van der Waals surface area contributed by atoms with Crippen LogP contribution in [-0.4, -0.2) is 84.6 Å². The molecule has 2 unspecified atom stereocenters. The van der Waals surface area contributed by atoms with Crippen LogP contribution in [0.15, 0.2) is 35.7 Å². The molecule has 11 nitrogen and oxygen atoms in total. The minimum absolute atomic E-state index is 0.0564. The smallest absolute Gasteiger partial charge is 0.326 e. The lowest BCUT2D eigenvalue weighted by Gasteiger charge is -2.37. The first-order chi connectivity index (χ1) is 20.4. The molecule has 43 heavy (non-hydrogen) atoms. The SMILES string of the molecule is CCC(C)[C@H](NC(=O)CNC)C(=O)N(C)[C@H](CC(OC)c1nc(C(=O)N[C@@H](CCc2ccccc2)C(=O)O)cs1)C(C)C. The van der Waals surface area contributed by atoms with Crippen molar-refractivity contribution in [1.82, 2.24) is 25.8 Å². The highest BCUT2D eigenvalue weighted by molar-refractivity contribution is 7.09. The zero-order valence-corrected chi connectivity index (χ0v) is 27.1. The van der Waals surface area contributed by atoms with Crippen molar-refractivity contribution < 1.29 is 29.0 Å². The topological polar surface area (TPSA) is 150 Å². The molecule has 0 aliphatic rings. The molecule has 5 atom stereocenters. The van der Waals surface area contributed by atoms with Crippen LogP contribution >= 0.6 is 11.3 Å². The first-order valence-electron chi connectivity index (χ1n) is 14.7. The Kier molecular flexibility index (Phi) is 14.7. The Labute approximate surface area is 258 Å². The molecule has 0 radical (unpaired) electrons. The fraction of sp³-hybridized carbons (Fsp3) is 0.581. The number of likely N-dealkylation sites (N-methyl/N-ethyl adjacent to an activating group) is 2. The van der Waals surface area contributed by atoms with E-state index in [4.69, 9.17) is 4.74 Å². The number of benzene rings is 1. The summed E-state index contributed by atoms with van der Waals surface area (Å²) in [6.07, 6.45) is 1.37. The number of thiazole rings is 1. The Hall–Kier alpha value is -3.35. The molecule has 0 spiro atoms. The fourth-order valence-corrected chi connectivity index (χ4v) is 5.72. The molecular formula is C31H47N5O6S. The van der Waals surface area contributed by atoms with Crippen molar-refractivity contribution in [1.29, 1.82) is 0 Å². The number of carbonyl (C=O) groups excluding carboxylic acids is 3. The van der Waals surface area contributed by atoms with Crippen LogP contribution in [0.2, 0.25) is 0 Å². The molecule has 0 saturated heterocycles. The normalized spacial score (nSPS) is 14.8. The minimum Gasteiger partial charge on any atom is -0.480 e. The van der Waals surface area contributed by atoms with Crippen LogP contribution in [0.5, 0.6) is 0 Å². The van der Waals surface area contributed by atoms with Gasteiger partial charge in [0.25, 0.3) is 5.91 Å². The van der Waals surface area contributed by atoms with Gasteiger partial charge >= 0.3 is 5.97 Å². The summed E-state index contributed by atoms with van der Waals surface area (Å²) in [6, 6.07) is 7.51. The van der Waals surface area contributed by atoms with Crippen molar-refractivity contribution in [3.63, 3.8) is 0 Å². The number of ether oxygens (including phenoxy) is 1. The largest absolute Gasteiger partial charge is 0.480 e. The van der Waals surface area contributed by atoms with Gasteiger partial charge in [0.15, 0.2) is 0 Å². The number of aryl methyl sites for hydroxylation is 1. The quantitative estimate of drug-likeness (QED) is 0.199.